The van der Waals surface area contributed by atoms with E-state index in [-0.39, 0.29) is 19.4 Å². The van der Waals surface area contributed by atoms with E-state index in [1.165, 1.54) is 0 Å². The zero-order chi connectivity index (χ0) is 15.0. The van der Waals surface area contributed by atoms with Crippen molar-refractivity contribution in [3.8, 4) is 0 Å². The molecule has 1 aromatic carbocycles. The molecular formula is C13H16N2O5. The minimum absolute atomic E-state index is 0.134. The van der Waals surface area contributed by atoms with Gasteiger partial charge in [-0.1, -0.05) is 30.3 Å². The summed E-state index contributed by atoms with van der Waals surface area (Å²) in [5, 5.41) is 9.02. The van der Waals surface area contributed by atoms with E-state index in [0.29, 0.717) is 5.01 Å². The monoisotopic (exact) mass is 280 g/mol. The van der Waals surface area contributed by atoms with Crippen LogP contribution in [0.25, 0.3) is 0 Å². The first-order valence-corrected chi connectivity index (χ1v) is 5.95. The summed E-state index contributed by atoms with van der Waals surface area (Å²) in [5.74, 6) is 2.85. The summed E-state index contributed by atoms with van der Waals surface area (Å²) >= 11 is 0. The number of amides is 1. The van der Waals surface area contributed by atoms with Crippen molar-refractivity contribution in [2.75, 3.05) is 6.54 Å². The van der Waals surface area contributed by atoms with Crippen molar-refractivity contribution in [1.82, 2.24) is 5.01 Å². The molecule has 0 aliphatic heterocycles. The van der Waals surface area contributed by atoms with Gasteiger partial charge < -0.3 is 9.84 Å². The van der Waals surface area contributed by atoms with Gasteiger partial charge in [-0.2, -0.15) is 0 Å². The highest BCUT2D eigenvalue weighted by molar-refractivity contribution is 5.83. The Morgan fingerprint density at radius 2 is 1.80 bits per heavy atom. The first kappa shape index (κ1) is 15.6. The molecule has 0 spiro atoms. The van der Waals surface area contributed by atoms with Crippen LogP contribution in [0.5, 0.6) is 0 Å². The predicted octanol–water partition coefficient (Wildman–Crippen LogP) is 0.297. The summed E-state index contributed by atoms with van der Waals surface area (Å²) in [5.41, 5.74) is 0.846. The fourth-order valence-corrected chi connectivity index (χ4v) is 1.40. The number of benzene rings is 1. The molecule has 3 N–H and O–H groups in total. The molecule has 0 aliphatic carbocycles. The minimum atomic E-state index is -1.22. The standard InChI is InChI=1S/C13H16N2O5/c14-15(8-12(17)18)11(16)6-7-13(19)20-9-10-4-2-1-3-5-10/h1-5H,6-9,14H2,(H,17,18). The van der Waals surface area contributed by atoms with Crippen LogP contribution in [0, 0.1) is 0 Å². The molecule has 0 fully saturated rings. The lowest BCUT2D eigenvalue weighted by Crippen LogP contribution is -2.41. The maximum atomic E-state index is 11.4. The number of nitrogens with zero attached hydrogens (tertiary/aromatic N) is 1. The number of hydrazine groups is 1. The van der Waals surface area contributed by atoms with E-state index in [1.807, 2.05) is 30.3 Å². The number of esters is 1. The zero-order valence-corrected chi connectivity index (χ0v) is 10.8. The molecule has 0 unspecified atom stereocenters. The molecule has 0 atom stereocenters. The molecule has 1 aromatic rings. The molecule has 0 saturated heterocycles. The maximum absolute atomic E-state index is 11.4. The van der Waals surface area contributed by atoms with E-state index >= 15 is 0 Å². The Balaban J connectivity index is 2.26. The number of carbonyl (C=O) groups excluding carboxylic acids is 2. The van der Waals surface area contributed by atoms with Gasteiger partial charge in [-0.05, 0) is 5.56 Å². The molecule has 20 heavy (non-hydrogen) atoms. The lowest BCUT2D eigenvalue weighted by Gasteiger charge is -2.13. The smallest absolute Gasteiger partial charge is 0.324 e. The van der Waals surface area contributed by atoms with Gasteiger partial charge >= 0.3 is 11.9 Å². The van der Waals surface area contributed by atoms with Gasteiger partial charge in [-0.3, -0.25) is 19.4 Å². The number of carbonyl (C=O) groups is 3. The summed E-state index contributed by atoms with van der Waals surface area (Å²) in [6.07, 6.45) is -0.323. The van der Waals surface area contributed by atoms with Crippen molar-refractivity contribution in [3.05, 3.63) is 35.9 Å². The van der Waals surface area contributed by atoms with Crippen molar-refractivity contribution in [2.24, 2.45) is 5.84 Å². The second kappa shape index (κ2) is 7.90. The second-order valence-electron chi connectivity index (χ2n) is 4.06. The number of carboxylic acid groups (broad SMARTS) is 1. The van der Waals surface area contributed by atoms with Gasteiger partial charge in [0.1, 0.15) is 13.2 Å². The van der Waals surface area contributed by atoms with Crippen molar-refractivity contribution < 1.29 is 24.2 Å². The fraction of sp³-hybridized carbons (Fsp3) is 0.308. The Morgan fingerprint density at radius 1 is 1.15 bits per heavy atom. The van der Waals surface area contributed by atoms with Gasteiger partial charge in [0.15, 0.2) is 0 Å². The molecule has 7 nitrogen and oxygen atoms in total. The molecule has 0 aromatic heterocycles. The van der Waals surface area contributed by atoms with E-state index in [1.54, 1.807) is 0 Å². The molecular weight excluding hydrogens is 264 g/mol. The Labute approximate surface area is 115 Å². The first-order chi connectivity index (χ1) is 9.49. The van der Waals surface area contributed by atoms with Crippen molar-refractivity contribution >= 4 is 17.8 Å². The summed E-state index contributed by atoms with van der Waals surface area (Å²) in [7, 11) is 0. The molecule has 0 heterocycles. The Kier molecular flexibility index (Phi) is 6.18. The van der Waals surface area contributed by atoms with Gasteiger partial charge in [0.05, 0.1) is 6.42 Å². The lowest BCUT2D eigenvalue weighted by molar-refractivity contribution is -0.148. The highest BCUT2D eigenvalue weighted by Gasteiger charge is 2.15. The maximum Gasteiger partial charge on any atom is 0.324 e. The summed E-state index contributed by atoms with van der Waals surface area (Å²) in [6.45, 7) is -0.465. The molecule has 0 bridgehead atoms. The molecule has 0 radical (unpaired) electrons. The topological polar surface area (TPSA) is 110 Å². The summed E-state index contributed by atoms with van der Waals surface area (Å²) in [6, 6.07) is 9.12. The fourth-order valence-electron chi connectivity index (χ4n) is 1.40. The number of hydrogen-bond acceptors (Lipinski definition) is 5. The van der Waals surface area contributed by atoms with Crippen LogP contribution in [0.15, 0.2) is 30.3 Å². The number of aliphatic carboxylic acids is 1. The van der Waals surface area contributed by atoms with Crippen molar-refractivity contribution in [1.29, 1.82) is 0 Å². The van der Waals surface area contributed by atoms with Crippen LogP contribution >= 0.6 is 0 Å². The molecule has 1 rings (SSSR count). The Bertz CT molecular complexity index is 475. The van der Waals surface area contributed by atoms with Gasteiger partial charge in [0, 0.05) is 6.42 Å². The highest BCUT2D eigenvalue weighted by Crippen LogP contribution is 2.03. The number of carboxylic acids is 1. The van der Waals surface area contributed by atoms with E-state index in [2.05, 4.69) is 0 Å². The van der Waals surface area contributed by atoms with Crippen LogP contribution in [-0.4, -0.2) is 34.5 Å². The third-order valence-electron chi connectivity index (χ3n) is 2.41. The molecule has 7 heteroatoms. The van der Waals surface area contributed by atoms with Gasteiger partial charge in [0.25, 0.3) is 0 Å². The van der Waals surface area contributed by atoms with Crippen molar-refractivity contribution in [2.45, 2.75) is 19.4 Å². The number of rotatable bonds is 7. The molecule has 0 saturated carbocycles. The third kappa shape index (κ3) is 5.96. The molecule has 108 valence electrons. The molecule has 1 amide bonds. The van der Waals surface area contributed by atoms with Gasteiger partial charge in [-0.15, -0.1) is 0 Å². The number of nitrogens with two attached hydrogens (primary N) is 1. The SMILES string of the molecule is NN(CC(=O)O)C(=O)CCC(=O)OCc1ccccc1. The average molecular weight is 280 g/mol. The van der Waals surface area contributed by atoms with Crippen LogP contribution in [0.2, 0.25) is 0 Å². The lowest BCUT2D eigenvalue weighted by atomic mass is 10.2. The van der Waals surface area contributed by atoms with Gasteiger partial charge in [-0.25, -0.2) is 5.84 Å². The van der Waals surface area contributed by atoms with Crippen LogP contribution < -0.4 is 5.84 Å². The van der Waals surface area contributed by atoms with Gasteiger partial charge in [0.2, 0.25) is 5.91 Å². The highest BCUT2D eigenvalue weighted by atomic mass is 16.5. The third-order valence-corrected chi connectivity index (χ3v) is 2.41. The number of ether oxygens (including phenoxy) is 1. The largest absolute Gasteiger partial charge is 0.480 e. The minimum Gasteiger partial charge on any atom is -0.480 e. The Hall–Kier alpha value is -2.41. The average Bonchev–Trinajstić information content (AvgIpc) is 2.42. The number of hydrogen-bond donors (Lipinski definition) is 2. The normalized spacial score (nSPS) is 9.85. The van der Waals surface area contributed by atoms with Crippen LogP contribution in [0.4, 0.5) is 0 Å². The quantitative estimate of drug-likeness (QED) is 0.321. The Morgan fingerprint density at radius 3 is 2.40 bits per heavy atom. The first-order valence-electron chi connectivity index (χ1n) is 5.95. The van der Waals surface area contributed by atoms with E-state index in [9.17, 15) is 14.4 Å². The van der Waals surface area contributed by atoms with Crippen molar-refractivity contribution in [3.63, 3.8) is 0 Å². The van der Waals surface area contributed by atoms with E-state index < -0.39 is 24.4 Å². The summed E-state index contributed by atoms with van der Waals surface area (Å²) in [4.78, 5) is 33.1. The van der Waals surface area contributed by atoms with Crippen LogP contribution in [0.3, 0.4) is 0 Å². The van der Waals surface area contributed by atoms with Crippen LogP contribution in [0.1, 0.15) is 18.4 Å². The van der Waals surface area contributed by atoms with Crippen LogP contribution in [-0.2, 0) is 25.7 Å². The second-order valence-corrected chi connectivity index (χ2v) is 4.06. The predicted molar refractivity (Wildman–Crippen MR) is 69.0 cm³/mol. The molecule has 0 aliphatic rings. The van der Waals surface area contributed by atoms with E-state index in [4.69, 9.17) is 15.7 Å². The van der Waals surface area contributed by atoms with E-state index in [0.717, 1.165) is 5.56 Å². The summed E-state index contributed by atoms with van der Waals surface area (Å²) < 4.78 is 4.97. The zero-order valence-electron chi connectivity index (χ0n) is 10.8.